The lowest BCUT2D eigenvalue weighted by atomic mass is 10.1. The van der Waals surface area contributed by atoms with E-state index < -0.39 is 15.8 Å². The van der Waals surface area contributed by atoms with E-state index in [4.69, 9.17) is 4.42 Å². The molecule has 11 heteroatoms. The van der Waals surface area contributed by atoms with E-state index in [-0.39, 0.29) is 17.1 Å². The molecule has 0 bridgehead atoms. The van der Waals surface area contributed by atoms with Crippen molar-refractivity contribution >= 4 is 34.5 Å². The number of furan rings is 1. The average molecular weight is 572 g/mol. The van der Waals surface area contributed by atoms with E-state index in [0.717, 1.165) is 22.5 Å². The molecular weight excluding hydrogens is 550 g/mol. The molecule has 0 unspecified atom stereocenters. The second-order valence-electron chi connectivity index (χ2n) is 9.46. The van der Waals surface area contributed by atoms with Crippen LogP contribution in [0.5, 0.6) is 0 Å². The number of carbonyl (C=O) groups is 1. The smallest absolute Gasteiger partial charge is 0.307 e. The molecule has 0 saturated carbocycles. The van der Waals surface area contributed by atoms with Gasteiger partial charge in [-0.05, 0) is 41.5 Å². The number of aromatic nitrogens is 1. The Balaban J connectivity index is 1.41. The van der Waals surface area contributed by atoms with Crippen LogP contribution in [0.4, 0.5) is 11.4 Å². The van der Waals surface area contributed by atoms with Gasteiger partial charge in [-0.15, -0.1) is 0 Å². The second kappa shape index (κ2) is 11.3. The second-order valence-corrected chi connectivity index (χ2v) is 9.46. The molecule has 6 aromatic rings. The zero-order chi connectivity index (χ0) is 29.9. The monoisotopic (exact) mass is 571 g/mol. The highest BCUT2D eigenvalue weighted by Crippen LogP contribution is 2.36. The largest absolute Gasteiger partial charge is 0.451 e. The van der Waals surface area contributed by atoms with Crippen LogP contribution < -0.4 is 5.43 Å². The van der Waals surface area contributed by atoms with Crippen molar-refractivity contribution in [1.29, 1.82) is 0 Å². The Bertz CT molecular complexity index is 2010. The number of nitro groups is 2. The Morgan fingerprint density at radius 1 is 0.767 bits per heavy atom. The molecule has 43 heavy (non-hydrogen) atoms. The number of hydrazone groups is 1. The molecule has 11 nitrogen and oxygen atoms in total. The summed E-state index contributed by atoms with van der Waals surface area (Å²) in [6.07, 6.45) is 1.52. The van der Waals surface area contributed by atoms with Crippen LogP contribution in [-0.2, 0) is 0 Å². The van der Waals surface area contributed by atoms with Gasteiger partial charge in [0.25, 0.3) is 11.4 Å². The normalized spacial score (nSPS) is 11.2. The highest BCUT2D eigenvalue weighted by molar-refractivity contribution is 5.98. The molecule has 1 amide bonds. The topological polar surface area (TPSA) is 146 Å². The number of nitro benzene ring substituents is 2. The number of hydrogen-bond donors (Lipinski definition) is 1. The molecule has 0 radical (unpaired) electrons. The molecule has 0 aliphatic rings. The fourth-order valence-corrected chi connectivity index (χ4v) is 4.80. The van der Waals surface area contributed by atoms with Crippen molar-refractivity contribution in [2.45, 2.75) is 0 Å². The zero-order valence-electron chi connectivity index (χ0n) is 22.3. The average Bonchev–Trinajstić information content (AvgIpc) is 3.64. The fourth-order valence-electron chi connectivity index (χ4n) is 4.80. The maximum Gasteiger partial charge on any atom is 0.307 e. The number of fused-ring (bicyclic) bond motifs is 1. The van der Waals surface area contributed by atoms with Crippen molar-refractivity contribution in [2.24, 2.45) is 5.10 Å². The number of amides is 1. The first-order valence-corrected chi connectivity index (χ1v) is 13.0. The quantitative estimate of drug-likeness (QED) is 0.117. The van der Waals surface area contributed by atoms with Gasteiger partial charge in [0.05, 0.1) is 27.4 Å². The predicted molar refractivity (Wildman–Crippen MR) is 161 cm³/mol. The van der Waals surface area contributed by atoms with E-state index in [1.54, 1.807) is 12.1 Å². The van der Waals surface area contributed by atoms with Gasteiger partial charge in [0.15, 0.2) is 5.76 Å². The van der Waals surface area contributed by atoms with E-state index >= 15 is 0 Å². The van der Waals surface area contributed by atoms with Gasteiger partial charge in [-0.25, -0.2) is 5.43 Å². The van der Waals surface area contributed by atoms with Gasteiger partial charge in [0, 0.05) is 40.9 Å². The maximum absolute atomic E-state index is 12.9. The van der Waals surface area contributed by atoms with Crippen molar-refractivity contribution < 1.29 is 19.1 Å². The van der Waals surface area contributed by atoms with Crippen LogP contribution >= 0.6 is 0 Å². The van der Waals surface area contributed by atoms with E-state index in [9.17, 15) is 25.0 Å². The van der Waals surface area contributed by atoms with Gasteiger partial charge in [0.1, 0.15) is 5.58 Å². The van der Waals surface area contributed by atoms with Gasteiger partial charge in [0.2, 0.25) is 0 Å². The molecule has 0 fully saturated rings. The molecule has 0 spiro atoms. The van der Waals surface area contributed by atoms with Crippen LogP contribution in [0.25, 0.3) is 39.2 Å². The van der Waals surface area contributed by atoms with Crippen LogP contribution in [0.15, 0.2) is 125 Å². The van der Waals surface area contributed by atoms with Crippen LogP contribution in [0.3, 0.4) is 0 Å². The summed E-state index contributed by atoms with van der Waals surface area (Å²) in [5, 5.41) is 27.0. The number of nitrogens with zero attached hydrogens (tertiary/aromatic N) is 4. The van der Waals surface area contributed by atoms with Crippen molar-refractivity contribution in [3.63, 3.8) is 0 Å². The zero-order valence-corrected chi connectivity index (χ0v) is 22.3. The van der Waals surface area contributed by atoms with Gasteiger partial charge in [-0.1, -0.05) is 60.7 Å². The summed E-state index contributed by atoms with van der Waals surface area (Å²) in [7, 11) is 0. The lowest BCUT2D eigenvalue weighted by Crippen LogP contribution is -2.16. The summed E-state index contributed by atoms with van der Waals surface area (Å²) in [5.41, 5.74) is 7.35. The molecule has 2 aromatic heterocycles. The Kier molecular flexibility index (Phi) is 7.03. The van der Waals surface area contributed by atoms with E-state index in [2.05, 4.69) is 10.5 Å². The summed E-state index contributed by atoms with van der Waals surface area (Å²) < 4.78 is 7.55. The molecule has 0 atom stereocenters. The summed E-state index contributed by atoms with van der Waals surface area (Å²) in [5.74, 6) is -0.682. The molecule has 2 heterocycles. The molecule has 0 aliphatic carbocycles. The minimum Gasteiger partial charge on any atom is -0.451 e. The lowest BCUT2D eigenvalue weighted by molar-refractivity contribution is -0.385. The molecule has 210 valence electrons. The third kappa shape index (κ3) is 5.37. The van der Waals surface area contributed by atoms with E-state index in [1.165, 1.54) is 42.6 Å². The number of benzene rings is 4. The third-order valence-corrected chi connectivity index (χ3v) is 6.77. The molecule has 1 N–H and O–H groups in total. The van der Waals surface area contributed by atoms with Crippen LogP contribution in [0, 0.1) is 20.2 Å². The molecular formula is C32H21N5O6. The van der Waals surface area contributed by atoms with Crippen molar-refractivity contribution in [3.05, 3.63) is 147 Å². The summed E-state index contributed by atoms with van der Waals surface area (Å²) in [6, 6.07) is 32.9. The van der Waals surface area contributed by atoms with Gasteiger partial charge < -0.3 is 8.98 Å². The van der Waals surface area contributed by atoms with Crippen LogP contribution in [0.2, 0.25) is 0 Å². The Hall–Kier alpha value is -6.36. The summed E-state index contributed by atoms with van der Waals surface area (Å²) >= 11 is 0. The number of nitrogens with one attached hydrogen (secondary N) is 1. The fraction of sp³-hybridized carbons (Fsp3) is 0. The Morgan fingerprint density at radius 2 is 1.40 bits per heavy atom. The van der Waals surface area contributed by atoms with Gasteiger partial charge in [-0.2, -0.15) is 5.10 Å². The highest BCUT2D eigenvalue weighted by Gasteiger charge is 2.20. The standard InChI is InChI=1S/C32H21N5O6/c38-32(30-19-23-17-27(37(41)42)15-16-29(23)43-30)34-33-20-24-18-28(21-7-3-1-4-8-21)35(31(24)22-9-5-2-6-10-22)25-11-13-26(14-12-25)36(39)40/h1-20H,(H,34,38)/b33-20-. The minimum atomic E-state index is -0.630. The molecule has 4 aromatic carbocycles. The number of hydrogen-bond acceptors (Lipinski definition) is 7. The Morgan fingerprint density at radius 3 is 2.05 bits per heavy atom. The molecule has 6 rings (SSSR count). The number of non-ortho nitro benzene ring substituents is 2. The Labute approximate surface area is 243 Å². The summed E-state index contributed by atoms with van der Waals surface area (Å²) in [4.78, 5) is 34.3. The highest BCUT2D eigenvalue weighted by atomic mass is 16.6. The van der Waals surface area contributed by atoms with E-state index in [1.807, 2.05) is 71.3 Å². The minimum absolute atomic E-state index is 0.0249. The van der Waals surface area contributed by atoms with E-state index in [0.29, 0.717) is 22.2 Å². The predicted octanol–water partition coefficient (Wildman–Crippen LogP) is 7.14. The van der Waals surface area contributed by atoms with Crippen LogP contribution in [0.1, 0.15) is 16.1 Å². The molecule has 0 saturated heterocycles. The van der Waals surface area contributed by atoms with Gasteiger partial charge >= 0.3 is 5.91 Å². The first-order chi connectivity index (χ1) is 20.9. The number of rotatable bonds is 8. The first-order valence-electron chi connectivity index (χ1n) is 13.0. The lowest BCUT2D eigenvalue weighted by Gasteiger charge is -2.15. The maximum atomic E-state index is 12.9. The molecule has 0 aliphatic heterocycles. The van der Waals surface area contributed by atoms with Crippen molar-refractivity contribution in [2.75, 3.05) is 0 Å². The SMILES string of the molecule is O=C(N/N=C\c1cc(-c2ccccc2)n(-c2ccc([N+](=O)[O-])cc2)c1-c1ccccc1)c1cc2cc([N+](=O)[O-])ccc2o1. The number of carbonyl (C=O) groups excluding carboxylic acids is 1. The summed E-state index contributed by atoms with van der Waals surface area (Å²) in [6.45, 7) is 0. The third-order valence-electron chi connectivity index (χ3n) is 6.77. The van der Waals surface area contributed by atoms with Crippen molar-refractivity contribution in [3.8, 4) is 28.2 Å². The first kappa shape index (κ1) is 26.8. The van der Waals surface area contributed by atoms with Gasteiger partial charge in [-0.3, -0.25) is 25.0 Å². The van der Waals surface area contributed by atoms with Crippen LogP contribution in [-0.4, -0.2) is 26.5 Å². The van der Waals surface area contributed by atoms with Crippen molar-refractivity contribution in [1.82, 2.24) is 9.99 Å².